The van der Waals surface area contributed by atoms with Gasteiger partial charge in [-0.1, -0.05) is 6.07 Å². The van der Waals surface area contributed by atoms with Crippen LogP contribution in [0.5, 0.6) is 11.5 Å². The molecule has 51 heavy (non-hydrogen) atoms. The van der Waals surface area contributed by atoms with Gasteiger partial charge in [-0.05, 0) is 116 Å². The summed E-state index contributed by atoms with van der Waals surface area (Å²) in [5.41, 5.74) is -0.101. The van der Waals surface area contributed by atoms with Crippen LogP contribution in [-0.2, 0) is 19.1 Å². The number of hydrogen-bond acceptors (Lipinski definition) is 10. The van der Waals surface area contributed by atoms with Crippen molar-refractivity contribution < 1.29 is 61.5 Å². The number of rotatable bonds is 9. The normalized spacial score (nSPS) is 12.3. The number of benzene rings is 2. The summed E-state index contributed by atoms with van der Waals surface area (Å²) in [4.78, 5) is 53.1. The van der Waals surface area contributed by atoms with Crippen molar-refractivity contribution in [2.45, 2.75) is 98.8 Å². The number of alkyl halides is 3. The molecule has 3 rings (SSSR count). The van der Waals surface area contributed by atoms with Crippen molar-refractivity contribution in [3.63, 3.8) is 0 Å². The molecule has 0 aliphatic heterocycles. The van der Waals surface area contributed by atoms with E-state index in [-0.39, 0.29) is 11.9 Å². The number of aryl methyl sites for hydroxylation is 1. The van der Waals surface area contributed by atoms with E-state index in [1.54, 1.807) is 77.9 Å². The molecule has 0 spiro atoms. The van der Waals surface area contributed by atoms with Gasteiger partial charge in [0.15, 0.2) is 23.4 Å². The quantitative estimate of drug-likeness (QED) is 0.193. The number of carbonyl (C=O) groups excluding carboxylic acids is 2. The van der Waals surface area contributed by atoms with Crippen LogP contribution >= 0.6 is 0 Å². The van der Waals surface area contributed by atoms with Gasteiger partial charge in [0.05, 0.1) is 12.7 Å². The van der Waals surface area contributed by atoms with Crippen molar-refractivity contribution in [1.29, 1.82) is 0 Å². The minimum Gasteiger partial charge on any atom is -0.490 e. The summed E-state index contributed by atoms with van der Waals surface area (Å²) in [6.07, 6.45) is -5.58. The molecule has 3 N–H and O–H groups in total. The number of carboxylic acids is 2. The fourth-order valence-electron chi connectivity index (χ4n) is 4.35. The Balaban J connectivity index is 0.00000116. The van der Waals surface area contributed by atoms with Gasteiger partial charge in [0, 0.05) is 17.3 Å². The number of hydrogen-bond donors (Lipinski definition) is 3. The summed E-state index contributed by atoms with van der Waals surface area (Å²) in [6, 6.07) is 8.99. The van der Waals surface area contributed by atoms with Gasteiger partial charge < -0.3 is 34.5 Å². The van der Waals surface area contributed by atoms with Crippen LogP contribution < -0.4 is 19.7 Å². The van der Waals surface area contributed by atoms with E-state index >= 15 is 0 Å². The Morgan fingerprint density at radius 2 is 1.41 bits per heavy atom. The molecule has 2 aromatic carbocycles. The number of nitrogens with one attached hydrogen (secondary N) is 1. The lowest BCUT2D eigenvalue weighted by Gasteiger charge is -2.28. The molecule has 1 unspecified atom stereocenters. The number of fused-ring (bicyclic) bond motifs is 1. The van der Waals surface area contributed by atoms with Crippen LogP contribution in [-0.4, -0.2) is 69.4 Å². The first kappa shape index (κ1) is 41.9. The smallest absolute Gasteiger partial charge is 0.490 e. The van der Waals surface area contributed by atoms with Crippen LogP contribution in [0, 0.1) is 6.92 Å². The Kier molecular flexibility index (Phi) is 13.6. The second kappa shape index (κ2) is 16.6. The van der Waals surface area contributed by atoms with Crippen LogP contribution in [0.4, 0.5) is 34.3 Å². The van der Waals surface area contributed by atoms with Gasteiger partial charge in [-0.25, -0.2) is 24.2 Å². The van der Waals surface area contributed by atoms with E-state index in [4.69, 9.17) is 28.8 Å². The zero-order valence-corrected chi connectivity index (χ0v) is 30.1. The highest BCUT2D eigenvalue weighted by molar-refractivity contribution is 6.14. The molecule has 2 amide bonds. The maximum Gasteiger partial charge on any atom is 0.490 e. The summed E-state index contributed by atoms with van der Waals surface area (Å²) < 4.78 is 54.4. The number of anilines is 2. The maximum atomic E-state index is 13.3. The molecule has 13 nitrogen and oxygen atoms in total. The van der Waals surface area contributed by atoms with E-state index in [0.29, 0.717) is 45.7 Å². The second-order valence-electron chi connectivity index (χ2n) is 13.3. The topological polar surface area (TPSA) is 174 Å². The summed E-state index contributed by atoms with van der Waals surface area (Å²) in [5.74, 6) is -2.86. The van der Waals surface area contributed by atoms with Crippen LogP contribution in [0.3, 0.4) is 0 Å². The molecular formula is C35H44F3N3O10. The minimum absolute atomic E-state index is 0.0255. The molecule has 1 atom stereocenters. The van der Waals surface area contributed by atoms with Gasteiger partial charge in [0.1, 0.15) is 11.2 Å². The number of imide groups is 1. The number of carboxylic acid groups (broad SMARTS) is 2. The van der Waals surface area contributed by atoms with Gasteiger partial charge in [-0.2, -0.15) is 18.1 Å². The van der Waals surface area contributed by atoms with E-state index in [1.165, 1.54) is 6.20 Å². The van der Waals surface area contributed by atoms with Gasteiger partial charge in [0.25, 0.3) is 0 Å². The molecule has 0 saturated heterocycles. The summed E-state index contributed by atoms with van der Waals surface area (Å²) in [5, 5.41) is 21.6. The Hall–Kier alpha value is -5.28. The number of amides is 2. The fraction of sp³-hybridized carbons (Fsp3) is 0.457. The second-order valence-corrected chi connectivity index (χ2v) is 13.3. The fourth-order valence-corrected chi connectivity index (χ4v) is 4.35. The summed E-state index contributed by atoms with van der Waals surface area (Å²) in [7, 11) is 0. The highest BCUT2D eigenvalue weighted by Crippen LogP contribution is 2.36. The molecule has 0 fully saturated rings. The highest BCUT2D eigenvalue weighted by atomic mass is 19.4. The predicted octanol–water partition coefficient (Wildman–Crippen LogP) is 8.28. The molecular weight excluding hydrogens is 679 g/mol. The lowest BCUT2D eigenvalue weighted by atomic mass is 10.0. The third-order valence-corrected chi connectivity index (χ3v) is 6.31. The van der Waals surface area contributed by atoms with Crippen LogP contribution in [0.1, 0.15) is 79.5 Å². The molecule has 0 aliphatic carbocycles. The summed E-state index contributed by atoms with van der Waals surface area (Å²) in [6.45, 7) is 18.0. The van der Waals surface area contributed by atoms with Crippen LogP contribution in [0.15, 0.2) is 42.6 Å². The van der Waals surface area contributed by atoms with Crippen molar-refractivity contribution in [2.24, 2.45) is 0 Å². The number of nitrogens with zero attached hydrogens (tertiary/aromatic N) is 2. The molecule has 3 aromatic rings. The molecule has 16 heteroatoms. The average Bonchev–Trinajstić information content (AvgIpc) is 2.96. The van der Waals surface area contributed by atoms with E-state index in [9.17, 15) is 32.7 Å². The SMILES string of the molecule is CCOc1cc(C(Nc2ccc3c(N(C(=O)OC(C)(C)C)C(=O)OC(C)(C)C)nccc3c2C)C(=O)O)ccc1OC(C)C.O=C(O)C(F)(F)F. The first-order valence-electron chi connectivity index (χ1n) is 15.7. The number of ether oxygens (including phenoxy) is 4. The third-order valence-electron chi connectivity index (χ3n) is 6.31. The van der Waals surface area contributed by atoms with Crippen molar-refractivity contribution in [3.8, 4) is 11.5 Å². The number of carbonyl (C=O) groups is 4. The van der Waals surface area contributed by atoms with Gasteiger partial charge in [0.2, 0.25) is 0 Å². The van der Waals surface area contributed by atoms with E-state index in [0.717, 1.165) is 4.90 Å². The lowest BCUT2D eigenvalue weighted by Crippen LogP contribution is -2.44. The highest BCUT2D eigenvalue weighted by Gasteiger charge is 2.38. The van der Waals surface area contributed by atoms with Crippen molar-refractivity contribution in [1.82, 2.24) is 4.98 Å². The van der Waals surface area contributed by atoms with Crippen molar-refractivity contribution >= 4 is 46.4 Å². The maximum absolute atomic E-state index is 13.3. The van der Waals surface area contributed by atoms with Gasteiger partial charge in [-0.15, -0.1) is 0 Å². The minimum atomic E-state index is -5.08. The van der Waals surface area contributed by atoms with Crippen molar-refractivity contribution in [3.05, 3.63) is 53.7 Å². The zero-order chi connectivity index (χ0) is 39.1. The molecule has 0 aliphatic rings. The van der Waals surface area contributed by atoms with E-state index in [1.807, 2.05) is 27.7 Å². The Morgan fingerprint density at radius 3 is 1.86 bits per heavy atom. The molecule has 0 bridgehead atoms. The lowest BCUT2D eigenvalue weighted by molar-refractivity contribution is -0.192. The van der Waals surface area contributed by atoms with Crippen LogP contribution in [0.2, 0.25) is 0 Å². The molecule has 1 aromatic heterocycles. The van der Waals surface area contributed by atoms with Gasteiger partial charge in [-0.3, -0.25) is 0 Å². The number of aromatic nitrogens is 1. The molecule has 0 saturated carbocycles. The molecule has 280 valence electrons. The van der Waals surface area contributed by atoms with Crippen molar-refractivity contribution in [2.75, 3.05) is 16.8 Å². The Labute approximate surface area is 293 Å². The number of pyridine rings is 1. The number of halogens is 3. The van der Waals surface area contributed by atoms with Gasteiger partial charge >= 0.3 is 30.3 Å². The molecule has 1 heterocycles. The standard InChI is InChI=1S/C33H43N3O8.C2HF3O2/c1-11-41-26-18-21(12-15-25(26)42-19(2)3)27(29(37)38)35-24-14-13-23-22(20(24)4)16-17-34-28(23)36(30(39)43-32(5,6)7)31(40)44-33(8,9)10;3-2(4,5)1(6)7/h12-19,27,35H,11H2,1-10H3,(H,37,38);(H,6,7). The third kappa shape index (κ3) is 12.2. The first-order chi connectivity index (χ1) is 23.4. The first-order valence-corrected chi connectivity index (χ1v) is 15.7. The Bertz CT molecular complexity index is 1700. The Morgan fingerprint density at radius 1 is 0.863 bits per heavy atom. The predicted molar refractivity (Wildman–Crippen MR) is 182 cm³/mol. The number of aliphatic carboxylic acids is 2. The summed E-state index contributed by atoms with van der Waals surface area (Å²) >= 11 is 0. The zero-order valence-electron chi connectivity index (χ0n) is 30.1. The molecule has 0 radical (unpaired) electrons. The monoisotopic (exact) mass is 723 g/mol. The van der Waals surface area contributed by atoms with E-state index < -0.39 is 47.5 Å². The largest absolute Gasteiger partial charge is 0.490 e. The van der Waals surface area contributed by atoms with Crippen LogP contribution in [0.25, 0.3) is 10.8 Å². The van der Waals surface area contributed by atoms with E-state index in [2.05, 4.69) is 10.3 Å². The average molecular weight is 724 g/mol.